The highest BCUT2D eigenvalue weighted by Gasteiger charge is 2.20. The van der Waals surface area contributed by atoms with Crippen LogP contribution in [-0.2, 0) is 0 Å². The van der Waals surface area contributed by atoms with Crippen molar-refractivity contribution in [2.45, 2.75) is 39.2 Å². The molecular formula is C8H16N2. The Kier molecular flexibility index (Phi) is 2.30. The molecule has 0 spiro atoms. The number of hydrogen-bond acceptors (Lipinski definition) is 1. The maximum atomic E-state index is 7.59. The van der Waals surface area contributed by atoms with Gasteiger partial charge in [0.2, 0.25) is 0 Å². The van der Waals surface area contributed by atoms with E-state index in [-0.39, 0.29) is 0 Å². The number of nitrogens with zero attached hydrogens (tertiary/aromatic N) is 1. The second-order valence-corrected chi connectivity index (χ2v) is 2.98. The van der Waals surface area contributed by atoms with Crippen LogP contribution < -0.4 is 0 Å². The van der Waals surface area contributed by atoms with Gasteiger partial charge >= 0.3 is 0 Å². The Hall–Kier alpha value is -0.530. The van der Waals surface area contributed by atoms with Gasteiger partial charge in [-0.15, -0.1) is 0 Å². The van der Waals surface area contributed by atoms with Crippen molar-refractivity contribution in [1.82, 2.24) is 4.90 Å². The van der Waals surface area contributed by atoms with Crippen molar-refractivity contribution < 1.29 is 0 Å². The van der Waals surface area contributed by atoms with Gasteiger partial charge in [0, 0.05) is 19.0 Å². The summed E-state index contributed by atoms with van der Waals surface area (Å²) >= 11 is 0. The molecule has 2 nitrogen and oxygen atoms in total. The molecule has 1 aliphatic rings. The van der Waals surface area contributed by atoms with E-state index < -0.39 is 0 Å². The van der Waals surface area contributed by atoms with Gasteiger partial charge in [0.1, 0.15) is 0 Å². The third kappa shape index (κ3) is 1.31. The number of nitrogens with one attached hydrogen (secondary N) is 1. The van der Waals surface area contributed by atoms with Crippen LogP contribution in [0.25, 0.3) is 0 Å². The Labute approximate surface area is 62.7 Å². The first-order valence-electron chi connectivity index (χ1n) is 4.09. The second kappa shape index (κ2) is 3.04. The van der Waals surface area contributed by atoms with Crippen LogP contribution >= 0.6 is 0 Å². The highest BCUT2D eigenvalue weighted by molar-refractivity contribution is 5.79. The zero-order chi connectivity index (χ0) is 7.56. The number of amidine groups is 1. The van der Waals surface area contributed by atoms with Crippen LogP contribution in [-0.4, -0.2) is 23.3 Å². The molecule has 0 saturated carbocycles. The van der Waals surface area contributed by atoms with E-state index in [9.17, 15) is 0 Å². The van der Waals surface area contributed by atoms with Crippen molar-refractivity contribution in [3.8, 4) is 0 Å². The molecule has 1 heterocycles. The molecule has 1 atom stereocenters. The topological polar surface area (TPSA) is 27.1 Å². The molecule has 0 aliphatic carbocycles. The summed E-state index contributed by atoms with van der Waals surface area (Å²) < 4.78 is 0. The highest BCUT2D eigenvalue weighted by Crippen LogP contribution is 2.16. The number of hydrogen-bond donors (Lipinski definition) is 1. The van der Waals surface area contributed by atoms with E-state index in [4.69, 9.17) is 5.41 Å². The Bertz CT molecular complexity index is 131. The summed E-state index contributed by atoms with van der Waals surface area (Å²) in [7, 11) is 0. The fourth-order valence-electron chi connectivity index (χ4n) is 1.54. The van der Waals surface area contributed by atoms with E-state index in [0.717, 1.165) is 18.8 Å². The van der Waals surface area contributed by atoms with Crippen LogP contribution in [0.3, 0.4) is 0 Å². The van der Waals surface area contributed by atoms with Crippen molar-refractivity contribution in [3.05, 3.63) is 0 Å². The predicted molar refractivity (Wildman–Crippen MR) is 43.4 cm³/mol. The van der Waals surface area contributed by atoms with Gasteiger partial charge in [0.25, 0.3) is 0 Å². The van der Waals surface area contributed by atoms with Crippen LogP contribution in [0.15, 0.2) is 0 Å². The fourth-order valence-corrected chi connectivity index (χ4v) is 1.54. The van der Waals surface area contributed by atoms with Gasteiger partial charge in [-0.05, 0) is 19.8 Å². The molecule has 0 aromatic rings. The lowest BCUT2D eigenvalue weighted by Crippen LogP contribution is -2.32. The van der Waals surface area contributed by atoms with Gasteiger partial charge in [0.15, 0.2) is 0 Å². The van der Waals surface area contributed by atoms with Gasteiger partial charge in [-0.2, -0.15) is 0 Å². The summed E-state index contributed by atoms with van der Waals surface area (Å²) in [5.41, 5.74) is 0. The molecule has 2 heteroatoms. The molecule has 1 aliphatic heterocycles. The van der Waals surface area contributed by atoms with Crippen LogP contribution in [0.4, 0.5) is 0 Å². The number of rotatable bonds is 1. The summed E-state index contributed by atoms with van der Waals surface area (Å²) in [5, 5.41) is 7.59. The standard InChI is InChI=1S/C8H16N2/c1-3-8(9)10-6-4-5-7(10)2/h7,9H,3-6H2,1-2H3. The van der Waals surface area contributed by atoms with Gasteiger partial charge in [0.05, 0.1) is 5.84 Å². The van der Waals surface area contributed by atoms with Crippen LogP contribution in [0.1, 0.15) is 33.1 Å². The van der Waals surface area contributed by atoms with Crippen molar-refractivity contribution in [2.75, 3.05) is 6.54 Å². The van der Waals surface area contributed by atoms with Crippen molar-refractivity contribution in [2.24, 2.45) is 0 Å². The molecule has 58 valence electrons. The van der Waals surface area contributed by atoms with Crippen LogP contribution in [0, 0.1) is 5.41 Å². The zero-order valence-electron chi connectivity index (χ0n) is 6.85. The summed E-state index contributed by atoms with van der Waals surface area (Å²) in [6, 6.07) is 0.618. The third-order valence-electron chi connectivity index (χ3n) is 2.23. The lowest BCUT2D eigenvalue weighted by atomic mass is 10.2. The fraction of sp³-hybridized carbons (Fsp3) is 0.875. The quantitative estimate of drug-likeness (QED) is 0.437. The van der Waals surface area contributed by atoms with Gasteiger partial charge in [-0.3, -0.25) is 5.41 Å². The molecule has 1 fully saturated rings. The summed E-state index contributed by atoms with van der Waals surface area (Å²) in [6.45, 7) is 5.36. The first-order valence-corrected chi connectivity index (χ1v) is 4.09. The molecule has 1 rings (SSSR count). The molecule has 0 aromatic heterocycles. The minimum atomic E-state index is 0.618. The summed E-state index contributed by atoms with van der Waals surface area (Å²) in [5.74, 6) is 0.810. The van der Waals surface area contributed by atoms with E-state index in [0.29, 0.717) is 6.04 Å². The van der Waals surface area contributed by atoms with E-state index in [1.807, 2.05) is 6.92 Å². The predicted octanol–water partition coefficient (Wildman–Crippen LogP) is 1.86. The Balaban J connectivity index is 2.46. The van der Waals surface area contributed by atoms with E-state index in [1.165, 1.54) is 12.8 Å². The highest BCUT2D eigenvalue weighted by atomic mass is 15.2. The lowest BCUT2D eigenvalue weighted by Gasteiger charge is -2.23. The van der Waals surface area contributed by atoms with E-state index in [1.54, 1.807) is 0 Å². The second-order valence-electron chi connectivity index (χ2n) is 2.98. The van der Waals surface area contributed by atoms with Gasteiger partial charge in [-0.25, -0.2) is 0 Å². The van der Waals surface area contributed by atoms with Gasteiger partial charge < -0.3 is 4.90 Å². The third-order valence-corrected chi connectivity index (χ3v) is 2.23. The lowest BCUT2D eigenvalue weighted by molar-refractivity contribution is 0.405. The molecule has 0 amide bonds. The van der Waals surface area contributed by atoms with Crippen molar-refractivity contribution in [3.63, 3.8) is 0 Å². The van der Waals surface area contributed by atoms with E-state index in [2.05, 4.69) is 11.8 Å². The molecule has 1 N–H and O–H groups in total. The molecule has 10 heavy (non-hydrogen) atoms. The van der Waals surface area contributed by atoms with Crippen LogP contribution in [0.2, 0.25) is 0 Å². The SMILES string of the molecule is CCC(=N)N1CCCC1C. The number of likely N-dealkylation sites (tertiary alicyclic amines) is 1. The molecule has 0 radical (unpaired) electrons. The Morgan fingerprint density at radius 3 is 2.80 bits per heavy atom. The maximum absolute atomic E-state index is 7.59. The average molecular weight is 140 g/mol. The molecule has 1 unspecified atom stereocenters. The maximum Gasteiger partial charge on any atom is 0.0957 e. The van der Waals surface area contributed by atoms with Crippen LogP contribution in [0.5, 0.6) is 0 Å². The Morgan fingerprint density at radius 1 is 1.70 bits per heavy atom. The largest absolute Gasteiger partial charge is 0.358 e. The minimum absolute atomic E-state index is 0.618. The monoisotopic (exact) mass is 140 g/mol. The van der Waals surface area contributed by atoms with Gasteiger partial charge in [-0.1, -0.05) is 6.92 Å². The molecular weight excluding hydrogens is 124 g/mol. The smallest absolute Gasteiger partial charge is 0.0957 e. The van der Waals surface area contributed by atoms with Crippen molar-refractivity contribution >= 4 is 5.84 Å². The first kappa shape index (κ1) is 7.58. The summed E-state index contributed by atoms with van der Waals surface area (Å²) in [4.78, 5) is 2.21. The minimum Gasteiger partial charge on any atom is -0.358 e. The normalized spacial score (nSPS) is 25.4. The zero-order valence-corrected chi connectivity index (χ0v) is 6.85. The van der Waals surface area contributed by atoms with E-state index >= 15 is 0 Å². The molecule has 1 saturated heterocycles. The van der Waals surface area contributed by atoms with Crippen molar-refractivity contribution in [1.29, 1.82) is 5.41 Å². The summed E-state index contributed by atoms with van der Waals surface area (Å²) in [6.07, 6.45) is 3.41. The average Bonchev–Trinajstić information content (AvgIpc) is 2.34. The molecule has 0 bridgehead atoms. The first-order chi connectivity index (χ1) is 4.75. The Morgan fingerprint density at radius 2 is 2.40 bits per heavy atom. The molecule has 0 aromatic carbocycles.